The van der Waals surface area contributed by atoms with Crippen LogP contribution in [0.25, 0.3) is 11.5 Å². The van der Waals surface area contributed by atoms with Crippen LogP contribution in [-0.4, -0.2) is 51.2 Å². The summed E-state index contributed by atoms with van der Waals surface area (Å²) in [5.41, 5.74) is 0.280. The van der Waals surface area contributed by atoms with Crippen molar-refractivity contribution in [2.45, 2.75) is 18.4 Å². The molecule has 9 heteroatoms. The number of rotatable bonds is 4. The Kier molecular flexibility index (Phi) is 5.21. The minimum Gasteiger partial charge on any atom is -0.506 e. The van der Waals surface area contributed by atoms with Crippen LogP contribution in [0.2, 0.25) is 5.02 Å². The van der Waals surface area contributed by atoms with Crippen molar-refractivity contribution in [3.05, 3.63) is 59.1 Å². The van der Waals surface area contributed by atoms with Gasteiger partial charge >= 0.3 is 0 Å². The number of carbonyl (C=O) groups is 1. The summed E-state index contributed by atoms with van der Waals surface area (Å²) in [5.74, 6) is 0.561. The number of ether oxygens (including phenoxy) is 1. The summed E-state index contributed by atoms with van der Waals surface area (Å²) in [5, 5.41) is 13.7. The van der Waals surface area contributed by atoms with Crippen molar-refractivity contribution in [1.29, 1.82) is 0 Å². The number of hydrogen-bond acceptors (Lipinski definition) is 7. The van der Waals surface area contributed by atoms with Gasteiger partial charge in [0.25, 0.3) is 11.8 Å². The Morgan fingerprint density at radius 1 is 1.28 bits per heavy atom. The summed E-state index contributed by atoms with van der Waals surface area (Å²) in [6.45, 7) is 0.902. The molecule has 0 atom stereocenters. The van der Waals surface area contributed by atoms with Crippen LogP contribution in [-0.2, 0) is 10.3 Å². The van der Waals surface area contributed by atoms with Gasteiger partial charge in [-0.2, -0.15) is 4.98 Å². The fourth-order valence-corrected chi connectivity index (χ4v) is 3.59. The maximum absolute atomic E-state index is 12.8. The van der Waals surface area contributed by atoms with E-state index in [0.717, 1.165) is 0 Å². The van der Waals surface area contributed by atoms with Crippen molar-refractivity contribution in [2.24, 2.45) is 0 Å². The van der Waals surface area contributed by atoms with E-state index in [0.29, 0.717) is 48.9 Å². The van der Waals surface area contributed by atoms with Crippen molar-refractivity contribution in [1.82, 2.24) is 20.0 Å². The van der Waals surface area contributed by atoms with Crippen molar-refractivity contribution in [3.8, 4) is 17.3 Å². The SMILES string of the molecule is COC1(c2nc(-c3ccccn3)no2)CCN(C(=O)c2ccc(O)c(Cl)c2)CC1. The Hall–Kier alpha value is -2.97. The number of aromatic hydroxyl groups is 1. The summed E-state index contributed by atoms with van der Waals surface area (Å²) >= 11 is 5.92. The van der Waals surface area contributed by atoms with Gasteiger partial charge in [0.1, 0.15) is 17.0 Å². The summed E-state index contributed by atoms with van der Waals surface area (Å²) in [6, 6.07) is 9.90. The van der Waals surface area contributed by atoms with E-state index in [1.807, 2.05) is 12.1 Å². The van der Waals surface area contributed by atoms with Crippen molar-refractivity contribution in [3.63, 3.8) is 0 Å². The molecule has 0 unspecified atom stereocenters. The van der Waals surface area contributed by atoms with Gasteiger partial charge in [-0.1, -0.05) is 22.8 Å². The topological polar surface area (TPSA) is 102 Å². The second-order valence-electron chi connectivity index (χ2n) is 6.79. The van der Waals surface area contributed by atoms with Crippen LogP contribution in [0.4, 0.5) is 0 Å². The number of methoxy groups -OCH3 is 1. The number of likely N-dealkylation sites (tertiary alicyclic amines) is 1. The molecule has 1 N–H and O–H groups in total. The molecular formula is C20H19ClN4O4. The molecule has 0 saturated carbocycles. The zero-order valence-corrected chi connectivity index (χ0v) is 16.5. The lowest BCUT2D eigenvalue weighted by Crippen LogP contribution is -2.46. The number of aromatic nitrogens is 3. The maximum Gasteiger partial charge on any atom is 0.259 e. The van der Waals surface area contributed by atoms with Crippen LogP contribution < -0.4 is 0 Å². The Labute approximate surface area is 172 Å². The van der Waals surface area contributed by atoms with Crippen molar-refractivity contribution >= 4 is 17.5 Å². The number of halogens is 1. The van der Waals surface area contributed by atoms with Crippen LogP contribution in [0, 0.1) is 0 Å². The molecule has 29 heavy (non-hydrogen) atoms. The number of pyridine rings is 1. The van der Waals surface area contributed by atoms with Gasteiger partial charge in [-0.05, 0) is 30.3 Å². The first kappa shape index (κ1) is 19.4. The monoisotopic (exact) mass is 414 g/mol. The highest BCUT2D eigenvalue weighted by molar-refractivity contribution is 6.32. The lowest BCUT2D eigenvalue weighted by atomic mass is 9.90. The summed E-state index contributed by atoms with van der Waals surface area (Å²) in [6.07, 6.45) is 2.67. The van der Waals surface area contributed by atoms with Crippen LogP contribution in [0.1, 0.15) is 29.1 Å². The first-order valence-corrected chi connectivity index (χ1v) is 9.49. The van der Waals surface area contributed by atoms with Gasteiger partial charge in [0.05, 0.1) is 5.02 Å². The predicted molar refractivity (Wildman–Crippen MR) is 104 cm³/mol. The van der Waals surface area contributed by atoms with E-state index in [-0.39, 0.29) is 16.7 Å². The first-order chi connectivity index (χ1) is 14.0. The molecule has 1 fully saturated rings. The van der Waals surface area contributed by atoms with E-state index in [4.69, 9.17) is 20.9 Å². The number of benzene rings is 1. The van der Waals surface area contributed by atoms with Gasteiger partial charge in [-0.15, -0.1) is 0 Å². The Balaban J connectivity index is 1.50. The van der Waals surface area contributed by atoms with Crippen LogP contribution in [0.3, 0.4) is 0 Å². The Bertz CT molecular complexity index is 1020. The number of hydrogen-bond donors (Lipinski definition) is 1. The van der Waals surface area contributed by atoms with E-state index in [9.17, 15) is 9.90 Å². The minimum absolute atomic E-state index is 0.0552. The molecule has 3 heterocycles. The highest BCUT2D eigenvalue weighted by Gasteiger charge is 2.42. The molecule has 1 amide bonds. The van der Waals surface area contributed by atoms with Gasteiger partial charge in [0.2, 0.25) is 5.82 Å². The molecule has 1 aromatic carbocycles. The number of piperidine rings is 1. The number of phenolic OH excluding ortho intramolecular Hbond substituents is 1. The predicted octanol–water partition coefficient (Wildman–Crippen LogP) is 3.27. The Morgan fingerprint density at radius 3 is 2.72 bits per heavy atom. The average Bonchev–Trinajstić information content (AvgIpc) is 3.27. The molecular weight excluding hydrogens is 396 g/mol. The molecule has 2 aromatic heterocycles. The summed E-state index contributed by atoms with van der Waals surface area (Å²) in [4.78, 5) is 23.2. The molecule has 0 bridgehead atoms. The van der Waals surface area contributed by atoms with Gasteiger partial charge in [0, 0.05) is 44.8 Å². The molecule has 1 aliphatic rings. The zero-order valence-electron chi connectivity index (χ0n) is 15.7. The molecule has 0 aliphatic carbocycles. The van der Waals surface area contributed by atoms with Crippen LogP contribution >= 0.6 is 11.6 Å². The largest absolute Gasteiger partial charge is 0.506 e. The van der Waals surface area contributed by atoms with E-state index < -0.39 is 5.60 Å². The van der Waals surface area contributed by atoms with E-state index in [1.54, 1.807) is 30.3 Å². The van der Waals surface area contributed by atoms with Gasteiger partial charge in [-0.25, -0.2) is 0 Å². The third kappa shape index (κ3) is 3.68. The third-order valence-corrected chi connectivity index (χ3v) is 5.46. The standard InChI is InChI=1S/C20H19ClN4O4/c1-28-20(19-23-17(24-29-19)15-4-2-3-9-22-15)7-10-25(11-8-20)18(27)13-5-6-16(26)14(21)12-13/h2-6,9,12,26H,7-8,10-11H2,1H3. The van der Waals surface area contributed by atoms with E-state index in [2.05, 4.69) is 15.1 Å². The van der Waals surface area contributed by atoms with E-state index in [1.165, 1.54) is 12.1 Å². The van der Waals surface area contributed by atoms with Crippen molar-refractivity contribution in [2.75, 3.05) is 20.2 Å². The third-order valence-electron chi connectivity index (χ3n) is 5.15. The summed E-state index contributed by atoms with van der Waals surface area (Å²) in [7, 11) is 1.60. The fourth-order valence-electron chi connectivity index (χ4n) is 3.41. The molecule has 0 spiro atoms. The average molecular weight is 415 g/mol. The molecule has 0 radical (unpaired) electrons. The zero-order chi connectivity index (χ0) is 20.4. The molecule has 1 saturated heterocycles. The molecule has 3 aromatic rings. The number of nitrogens with zero attached hydrogens (tertiary/aromatic N) is 4. The quantitative estimate of drug-likeness (QED) is 0.698. The normalized spacial score (nSPS) is 16.0. The smallest absolute Gasteiger partial charge is 0.259 e. The first-order valence-electron chi connectivity index (χ1n) is 9.11. The Morgan fingerprint density at radius 2 is 2.07 bits per heavy atom. The maximum atomic E-state index is 12.8. The number of phenols is 1. The van der Waals surface area contributed by atoms with Crippen LogP contribution in [0.5, 0.6) is 5.75 Å². The second kappa shape index (κ2) is 7.81. The van der Waals surface area contributed by atoms with Gasteiger partial charge < -0.3 is 19.3 Å². The highest BCUT2D eigenvalue weighted by atomic mass is 35.5. The summed E-state index contributed by atoms with van der Waals surface area (Å²) < 4.78 is 11.3. The molecule has 1 aliphatic heterocycles. The molecule has 150 valence electrons. The van der Waals surface area contributed by atoms with Crippen molar-refractivity contribution < 1.29 is 19.2 Å². The second-order valence-corrected chi connectivity index (χ2v) is 7.20. The van der Waals surface area contributed by atoms with Crippen LogP contribution in [0.15, 0.2) is 47.1 Å². The fraction of sp³-hybridized carbons (Fsp3) is 0.300. The van der Waals surface area contributed by atoms with Gasteiger partial charge in [0.15, 0.2) is 0 Å². The minimum atomic E-state index is -0.761. The lowest BCUT2D eigenvalue weighted by molar-refractivity contribution is -0.0779. The lowest BCUT2D eigenvalue weighted by Gasteiger charge is -2.38. The number of amides is 1. The highest BCUT2D eigenvalue weighted by Crippen LogP contribution is 2.36. The molecule has 4 rings (SSSR count). The van der Waals surface area contributed by atoms with Gasteiger partial charge in [-0.3, -0.25) is 9.78 Å². The molecule has 8 nitrogen and oxygen atoms in total. The van der Waals surface area contributed by atoms with E-state index >= 15 is 0 Å². The number of carbonyl (C=O) groups excluding carboxylic acids is 1.